The molecule has 3 rings (SSSR count). The molecule has 0 bridgehead atoms. The van der Waals surface area contributed by atoms with E-state index in [0.29, 0.717) is 5.13 Å². The van der Waals surface area contributed by atoms with E-state index in [1.165, 1.54) is 16.7 Å². The van der Waals surface area contributed by atoms with E-state index in [2.05, 4.69) is 26.2 Å². The summed E-state index contributed by atoms with van der Waals surface area (Å²) in [5, 5.41) is 4.48. The van der Waals surface area contributed by atoms with Gasteiger partial charge in [0.15, 0.2) is 15.0 Å². The van der Waals surface area contributed by atoms with Gasteiger partial charge in [-0.15, -0.1) is 11.3 Å². The van der Waals surface area contributed by atoms with Crippen molar-refractivity contribution < 1.29 is 13.2 Å². The molecule has 5 nitrogen and oxygen atoms in total. The van der Waals surface area contributed by atoms with Crippen LogP contribution in [0.3, 0.4) is 0 Å². The summed E-state index contributed by atoms with van der Waals surface area (Å²) in [7, 11) is -3.13. The lowest BCUT2D eigenvalue weighted by Crippen LogP contribution is -2.17. The number of rotatable bonds is 4. The molecule has 1 aliphatic rings. The number of benzene rings is 1. The van der Waals surface area contributed by atoms with Crippen LogP contribution in [0.5, 0.6) is 0 Å². The van der Waals surface area contributed by atoms with E-state index in [1.807, 2.05) is 31.2 Å². The molecule has 0 saturated carbocycles. The predicted molar refractivity (Wildman–Crippen MR) is 99.7 cm³/mol. The summed E-state index contributed by atoms with van der Waals surface area (Å²) in [6, 6.07) is 7.82. The molecular formula is C16H15BrN2O3S2. The molecule has 1 N–H and O–H groups in total. The van der Waals surface area contributed by atoms with Crippen molar-refractivity contribution in [3.63, 3.8) is 0 Å². The summed E-state index contributed by atoms with van der Waals surface area (Å²) < 4.78 is 23.7. The van der Waals surface area contributed by atoms with Crippen LogP contribution in [0.15, 0.2) is 40.2 Å². The third-order valence-corrected chi connectivity index (χ3v) is 6.49. The van der Waals surface area contributed by atoms with Gasteiger partial charge in [0.25, 0.3) is 0 Å². The van der Waals surface area contributed by atoms with Crippen molar-refractivity contribution in [2.45, 2.75) is 13.3 Å². The van der Waals surface area contributed by atoms with Crippen molar-refractivity contribution in [3.8, 4) is 11.3 Å². The maximum Gasteiger partial charge on any atom is 0.226 e. The first-order chi connectivity index (χ1) is 11.3. The summed E-state index contributed by atoms with van der Waals surface area (Å²) in [6.45, 7) is 1.96. The second-order valence-electron chi connectivity index (χ2n) is 5.60. The number of hydrogen-bond donors (Lipinski definition) is 1. The summed E-state index contributed by atoms with van der Waals surface area (Å²) >= 11 is 4.81. The Bertz CT molecular complexity index is 902. The number of aromatic nitrogens is 1. The SMILES string of the molecule is Cc1sc(NC(=O)CC2C=CS(=O)(=O)C2)nc1-c1ccc(Br)cc1. The Labute approximate surface area is 152 Å². The summed E-state index contributed by atoms with van der Waals surface area (Å²) in [5.74, 6) is -0.485. The zero-order chi connectivity index (χ0) is 17.3. The van der Waals surface area contributed by atoms with Crippen molar-refractivity contribution in [2.24, 2.45) is 5.92 Å². The van der Waals surface area contributed by atoms with Gasteiger partial charge in [0.1, 0.15) is 0 Å². The third kappa shape index (κ3) is 4.12. The van der Waals surface area contributed by atoms with Crippen molar-refractivity contribution in [3.05, 3.63) is 45.1 Å². The molecule has 0 aliphatic carbocycles. The van der Waals surface area contributed by atoms with Crippen molar-refractivity contribution >= 4 is 48.1 Å². The van der Waals surface area contributed by atoms with Gasteiger partial charge < -0.3 is 5.32 Å². The Kier molecular flexibility index (Phi) is 4.89. The van der Waals surface area contributed by atoms with Crippen LogP contribution in [0.4, 0.5) is 5.13 Å². The van der Waals surface area contributed by atoms with Crippen LogP contribution < -0.4 is 5.32 Å². The van der Waals surface area contributed by atoms with Gasteiger partial charge in [0, 0.05) is 32.7 Å². The number of sulfone groups is 1. The number of aryl methyl sites for hydroxylation is 1. The molecule has 1 aromatic heterocycles. The molecule has 8 heteroatoms. The minimum atomic E-state index is -3.13. The van der Waals surface area contributed by atoms with E-state index in [9.17, 15) is 13.2 Å². The number of nitrogens with one attached hydrogen (secondary N) is 1. The number of carbonyl (C=O) groups excluding carboxylic acids is 1. The third-order valence-electron chi connectivity index (χ3n) is 3.61. The van der Waals surface area contributed by atoms with Crippen LogP contribution >= 0.6 is 27.3 Å². The zero-order valence-electron chi connectivity index (χ0n) is 12.8. The first-order valence-corrected chi connectivity index (χ1v) is 10.6. The first kappa shape index (κ1) is 17.3. The van der Waals surface area contributed by atoms with Crippen LogP contribution in [-0.2, 0) is 14.6 Å². The molecule has 1 aromatic carbocycles. The van der Waals surface area contributed by atoms with Gasteiger partial charge in [-0.05, 0) is 19.1 Å². The number of halogens is 1. The van der Waals surface area contributed by atoms with E-state index in [1.54, 1.807) is 6.08 Å². The molecule has 1 unspecified atom stereocenters. The molecule has 1 atom stereocenters. The van der Waals surface area contributed by atoms with Crippen LogP contribution in [-0.4, -0.2) is 25.1 Å². The van der Waals surface area contributed by atoms with Gasteiger partial charge in [0.2, 0.25) is 5.91 Å². The van der Waals surface area contributed by atoms with Crippen LogP contribution in [0, 0.1) is 12.8 Å². The molecule has 2 heterocycles. The number of carbonyl (C=O) groups is 1. The molecule has 0 saturated heterocycles. The average molecular weight is 427 g/mol. The van der Waals surface area contributed by atoms with Crippen LogP contribution in [0.25, 0.3) is 11.3 Å². The van der Waals surface area contributed by atoms with Gasteiger partial charge in [-0.1, -0.05) is 34.1 Å². The smallest absolute Gasteiger partial charge is 0.226 e. The van der Waals surface area contributed by atoms with E-state index < -0.39 is 9.84 Å². The zero-order valence-corrected chi connectivity index (χ0v) is 16.0. The highest BCUT2D eigenvalue weighted by atomic mass is 79.9. The second kappa shape index (κ2) is 6.78. The standard InChI is InChI=1S/C16H15BrN2O3S2/c1-10-15(12-2-4-13(17)5-3-12)19-16(23-10)18-14(20)8-11-6-7-24(21,22)9-11/h2-7,11H,8-9H2,1H3,(H,18,19,20). The largest absolute Gasteiger partial charge is 0.302 e. The minimum absolute atomic E-state index is 0.00145. The van der Waals surface area contributed by atoms with E-state index in [0.717, 1.165) is 20.6 Å². The lowest BCUT2D eigenvalue weighted by molar-refractivity contribution is -0.116. The molecule has 24 heavy (non-hydrogen) atoms. The lowest BCUT2D eigenvalue weighted by atomic mass is 10.1. The fraction of sp³-hybridized carbons (Fsp3) is 0.250. The number of nitrogens with zero attached hydrogens (tertiary/aromatic N) is 1. The van der Waals surface area contributed by atoms with Crippen molar-refractivity contribution in [1.82, 2.24) is 4.98 Å². The fourth-order valence-electron chi connectivity index (χ4n) is 2.50. The Morgan fingerprint density at radius 2 is 2.08 bits per heavy atom. The summed E-state index contributed by atoms with van der Waals surface area (Å²) in [5.41, 5.74) is 1.82. The van der Waals surface area contributed by atoms with Gasteiger partial charge in [-0.25, -0.2) is 13.4 Å². The Balaban J connectivity index is 1.68. The van der Waals surface area contributed by atoms with Gasteiger partial charge in [-0.3, -0.25) is 4.79 Å². The fourth-order valence-corrected chi connectivity index (χ4v) is 5.02. The number of thiazole rings is 1. The lowest BCUT2D eigenvalue weighted by Gasteiger charge is -2.05. The van der Waals surface area contributed by atoms with Gasteiger partial charge >= 0.3 is 0 Å². The number of anilines is 1. The van der Waals surface area contributed by atoms with E-state index in [4.69, 9.17) is 0 Å². The van der Waals surface area contributed by atoms with Crippen molar-refractivity contribution in [1.29, 1.82) is 0 Å². The number of hydrogen-bond acceptors (Lipinski definition) is 5. The quantitative estimate of drug-likeness (QED) is 0.806. The first-order valence-electron chi connectivity index (χ1n) is 7.26. The maximum atomic E-state index is 12.1. The molecule has 0 fully saturated rings. The maximum absolute atomic E-state index is 12.1. The Hall–Kier alpha value is -1.51. The molecule has 0 radical (unpaired) electrons. The molecule has 0 spiro atoms. The molecule has 1 aliphatic heterocycles. The van der Waals surface area contributed by atoms with Gasteiger partial charge in [-0.2, -0.15) is 0 Å². The number of allylic oxidation sites excluding steroid dienone is 1. The molecule has 126 valence electrons. The average Bonchev–Trinajstić information content (AvgIpc) is 3.02. The molecule has 2 aromatic rings. The Morgan fingerprint density at radius 3 is 2.71 bits per heavy atom. The van der Waals surface area contributed by atoms with E-state index >= 15 is 0 Å². The van der Waals surface area contributed by atoms with Crippen LogP contribution in [0.2, 0.25) is 0 Å². The molecular weight excluding hydrogens is 412 g/mol. The van der Waals surface area contributed by atoms with Crippen molar-refractivity contribution in [2.75, 3.05) is 11.1 Å². The highest BCUT2D eigenvalue weighted by Crippen LogP contribution is 2.31. The van der Waals surface area contributed by atoms with Gasteiger partial charge in [0.05, 0.1) is 11.4 Å². The van der Waals surface area contributed by atoms with Crippen LogP contribution in [0.1, 0.15) is 11.3 Å². The minimum Gasteiger partial charge on any atom is -0.302 e. The topological polar surface area (TPSA) is 76.1 Å². The number of amides is 1. The summed E-state index contributed by atoms with van der Waals surface area (Å²) in [6.07, 6.45) is 1.72. The normalized spacial score (nSPS) is 18.7. The highest BCUT2D eigenvalue weighted by Gasteiger charge is 2.24. The monoisotopic (exact) mass is 426 g/mol. The second-order valence-corrected chi connectivity index (χ2v) is 9.65. The summed E-state index contributed by atoms with van der Waals surface area (Å²) in [4.78, 5) is 17.6. The van der Waals surface area contributed by atoms with E-state index in [-0.39, 0.29) is 24.0 Å². The predicted octanol–water partition coefficient (Wildman–Crippen LogP) is 3.77. The molecule has 1 amide bonds. The highest BCUT2D eigenvalue weighted by molar-refractivity contribution is 9.10. The Morgan fingerprint density at radius 1 is 1.38 bits per heavy atom.